The summed E-state index contributed by atoms with van der Waals surface area (Å²) < 4.78 is 26.7. The minimum absolute atomic E-state index is 0.128. The van der Waals surface area contributed by atoms with Gasteiger partial charge >= 0.3 is 5.97 Å². The standard InChI is InChI=1S/C28H40FNO6/c1-6-19-25(33)17(2)10-9-12-28(5)23(36-28)15-21(20(29)14-18-11-7-8-13-30-18)35-24(32)16-22(31)27(3,4)26(19)34/h7-8,11,13-14,17,19,21-23,25,31,33H,6,9-10,12,15-16H2,1-5H3/t17-,19+,21-,22-,23-,25-,28-/m0/s1. The number of hydrogen-bond donors (Lipinski definition) is 2. The quantitative estimate of drug-likeness (QED) is 0.463. The molecule has 7 nitrogen and oxygen atoms in total. The van der Waals surface area contributed by atoms with Gasteiger partial charge in [-0.05, 0) is 50.3 Å². The molecule has 2 N–H and O–H groups in total. The Morgan fingerprint density at radius 3 is 2.61 bits per heavy atom. The topological polar surface area (TPSA) is 109 Å². The summed E-state index contributed by atoms with van der Waals surface area (Å²) in [5, 5.41) is 21.8. The molecule has 3 rings (SSSR count). The molecule has 0 aliphatic carbocycles. The third kappa shape index (κ3) is 6.58. The molecule has 0 amide bonds. The fourth-order valence-electron chi connectivity index (χ4n) is 5.10. The number of Topliss-reactive ketones (excluding diaryl/α,β-unsaturated/α-hetero) is 1. The Morgan fingerprint density at radius 1 is 1.25 bits per heavy atom. The van der Waals surface area contributed by atoms with Crippen molar-refractivity contribution >= 4 is 17.8 Å². The first-order valence-corrected chi connectivity index (χ1v) is 12.9. The Labute approximate surface area is 213 Å². The van der Waals surface area contributed by atoms with Gasteiger partial charge in [-0.2, -0.15) is 0 Å². The zero-order valence-corrected chi connectivity index (χ0v) is 21.9. The number of hydrogen-bond acceptors (Lipinski definition) is 7. The number of epoxide rings is 1. The van der Waals surface area contributed by atoms with Crippen LogP contribution in [0.25, 0.3) is 6.08 Å². The second kappa shape index (κ2) is 11.5. The van der Waals surface area contributed by atoms with Crippen LogP contribution in [-0.4, -0.2) is 57.0 Å². The fraction of sp³-hybridized carbons (Fsp3) is 0.679. The molecule has 3 heterocycles. The lowest BCUT2D eigenvalue weighted by atomic mass is 9.71. The Hall–Kier alpha value is -2.16. The molecule has 0 saturated carbocycles. The van der Waals surface area contributed by atoms with Crippen molar-refractivity contribution in [2.45, 2.75) is 103 Å². The molecule has 2 aliphatic heterocycles. The van der Waals surface area contributed by atoms with Gasteiger partial charge in [0.1, 0.15) is 11.6 Å². The number of ketones is 1. The number of halogens is 1. The largest absolute Gasteiger partial charge is 0.455 e. The Kier molecular flexibility index (Phi) is 9.06. The van der Waals surface area contributed by atoms with Crippen LogP contribution >= 0.6 is 0 Å². The number of pyridine rings is 1. The van der Waals surface area contributed by atoms with E-state index in [1.54, 1.807) is 38.2 Å². The van der Waals surface area contributed by atoms with Crippen molar-refractivity contribution in [3.63, 3.8) is 0 Å². The highest BCUT2D eigenvalue weighted by Gasteiger charge is 2.53. The first-order valence-electron chi connectivity index (χ1n) is 12.9. The third-order valence-electron chi connectivity index (χ3n) is 7.95. The van der Waals surface area contributed by atoms with Gasteiger partial charge < -0.3 is 19.7 Å². The number of esters is 1. The number of aromatic nitrogens is 1. The van der Waals surface area contributed by atoms with Crippen molar-refractivity contribution < 1.29 is 33.7 Å². The van der Waals surface area contributed by atoms with Crippen LogP contribution in [0.4, 0.5) is 4.39 Å². The van der Waals surface area contributed by atoms with Crippen LogP contribution < -0.4 is 0 Å². The molecule has 8 heteroatoms. The van der Waals surface area contributed by atoms with Crippen LogP contribution in [0.5, 0.6) is 0 Å². The number of aliphatic hydroxyl groups excluding tert-OH is 2. The van der Waals surface area contributed by atoms with Crippen LogP contribution in [0.3, 0.4) is 0 Å². The predicted octanol–water partition coefficient (Wildman–Crippen LogP) is 4.40. The SMILES string of the molecule is CC[C@H]1C(=O)C(C)(C)[C@@H](O)CC(=O)O[C@H](C(F)=Cc2ccccn2)C[C@@H]2O[C@@]2(C)CCC[C@H](C)[C@@H]1O. The number of carbonyl (C=O) groups excluding carboxylic acids is 2. The summed E-state index contributed by atoms with van der Waals surface area (Å²) in [6.07, 6.45) is 1.31. The van der Waals surface area contributed by atoms with Crippen LogP contribution in [0.15, 0.2) is 30.2 Å². The maximum absolute atomic E-state index is 15.3. The van der Waals surface area contributed by atoms with Crippen molar-refractivity contribution in [1.29, 1.82) is 0 Å². The average molecular weight is 506 g/mol. The van der Waals surface area contributed by atoms with Gasteiger partial charge in [0.25, 0.3) is 0 Å². The van der Waals surface area contributed by atoms with Crippen LogP contribution in [0.2, 0.25) is 0 Å². The van der Waals surface area contributed by atoms with Crippen molar-refractivity contribution in [1.82, 2.24) is 4.98 Å². The average Bonchev–Trinajstić information content (AvgIpc) is 3.47. The molecule has 0 unspecified atom stereocenters. The number of aliphatic hydroxyl groups is 2. The summed E-state index contributed by atoms with van der Waals surface area (Å²) in [6.45, 7) is 8.84. The molecular weight excluding hydrogens is 465 g/mol. The van der Waals surface area contributed by atoms with Crippen molar-refractivity contribution in [2.24, 2.45) is 17.3 Å². The van der Waals surface area contributed by atoms with Gasteiger partial charge in [0.15, 0.2) is 6.10 Å². The van der Waals surface area contributed by atoms with E-state index < -0.39 is 53.5 Å². The highest BCUT2D eigenvalue weighted by Crippen LogP contribution is 2.45. The molecule has 2 saturated heterocycles. The van der Waals surface area contributed by atoms with Gasteiger partial charge in [-0.25, -0.2) is 4.39 Å². The Balaban J connectivity index is 1.87. The van der Waals surface area contributed by atoms with Crippen LogP contribution in [0, 0.1) is 17.3 Å². The first kappa shape index (κ1) is 28.4. The molecule has 1 aromatic heterocycles. The monoisotopic (exact) mass is 505 g/mol. The van der Waals surface area contributed by atoms with Gasteiger partial charge in [-0.3, -0.25) is 14.6 Å². The lowest BCUT2D eigenvalue weighted by Crippen LogP contribution is -2.46. The smallest absolute Gasteiger partial charge is 0.309 e. The highest BCUT2D eigenvalue weighted by atomic mass is 19.1. The van der Waals surface area contributed by atoms with Crippen molar-refractivity contribution in [3.8, 4) is 0 Å². The van der Waals surface area contributed by atoms with E-state index in [2.05, 4.69) is 4.98 Å². The zero-order valence-electron chi connectivity index (χ0n) is 21.9. The lowest BCUT2D eigenvalue weighted by molar-refractivity contribution is -0.155. The Bertz CT molecular complexity index is 951. The van der Waals surface area contributed by atoms with Crippen LogP contribution in [0.1, 0.15) is 78.8 Å². The minimum Gasteiger partial charge on any atom is -0.455 e. The molecule has 1 aromatic rings. The summed E-state index contributed by atoms with van der Waals surface area (Å²) >= 11 is 0. The number of nitrogens with zero attached hydrogens (tertiary/aromatic N) is 1. The number of rotatable bonds is 3. The fourth-order valence-corrected chi connectivity index (χ4v) is 5.10. The van der Waals surface area contributed by atoms with E-state index in [-0.39, 0.29) is 24.2 Å². The van der Waals surface area contributed by atoms with Crippen LogP contribution in [-0.2, 0) is 19.1 Å². The summed E-state index contributed by atoms with van der Waals surface area (Å²) in [7, 11) is 0. The van der Waals surface area contributed by atoms with Crippen molar-refractivity contribution in [3.05, 3.63) is 35.9 Å². The number of ether oxygens (including phenoxy) is 2. The van der Waals surface area contributed by atoms with E-state index in [0.29, 0.717) is 25.0 Å². The summed E-state index contributed by atoms with van der Waals surface area (Å²) in [5.74, 6) is -2.56. The molecule has 0 aromatic carbocycles. The highest BCUT2D eigenvalue weighted by molar-refractivity contribution is 5.88. The number of cyclic esters (lactones) is 1. The predicted molar refractivity (Wildman–Crippen MR) is 133 cm³/mol. The normalized spacial score (nSPS) is 36.6. The van der Waals surface area contributed by atoms with Gasteiger partial charge in [0.05, 0.1) is 41.4 Å². The second-order valence-corrected chi connectivity index (χ2v) is 11.1. The molecule has 2 aliphatic rings. The zero-order chi connectivity index (χ0) is 26.7. The van der Waals surface area contributed by atoms with Gasteiger partial charge in [0, 0.05) is 18.5 Å². The minimum atomic E-state index is -1.35. The maximum atomic E-state index is 15.3. The maximum Gasteiger partial charge on any atom is 0.309 e. The summed E-state index contributed by atoms with van der Waals surface area (Å²) in [6, 6.07) is 5.10. The number of fused-ring (bicyclic) bond motifs is 1. The van der Waals surface area contributed by atoms with Gasteiger partial charge in [-0.1, -0.05) is 40.2 Å². The summed E-state index contributed by atoms with van der Waals surface area (Å²) in [4.78, 5) is 30.3. The van der Waals surface area contributed by atoms with E-state index in [0.717, 1.165) is 6.42 Å². The molecule has 0 spiro atoms. The van der Waals surface area contributed by atoms with E-state index in [1.165, 1.54) is 6.08 Å². The number of carbonyl (C=O) groups is 2. The first-order chi connectivity index (χ1) is 16.9. The summed E-state index contributed by atoms with van der Waals surface area (Å²) in [5.41, 5.74) is -1.38. The molecule has 2 fully saturated rings. The molecule has 0 radical (unpaired) electrons. The van der Waals surface area contributed by atoms with E-state index in [1.807, 2.05) is 20.8 Å². The molecule has 0 bridgehead atoms. The lowest BCUT2D eigenvalue weighted by Gasteiger charge is -2.35. The second-order valence-electron chi connectivity index (χ2n) is 11.1. The molecule has 7 atom stereocenters. The van der Waals surface area contributed by atoms with Gasteiger partial charge in [-0.15, -0.1) is 0 Å². The molecular formula is C28H40FNO6. The molecule has 36 heavy (non-hydrogen) atoms. The van der Waals surface area contributed by atoms with E-state index in [9.17, 15) is 19.8 Å². The van der Waals surface area contributed by atoms with E-state index in [4.69, 9.17) is 9.47 Å². The van der Waals surface area contributed by atoms with Crippen molar-refractivity contribution in [2.75, 3.05) is 0 Å². The van der Waals surface area contributed by atoms with Gasteiger partial charge in [0.2, 0.25) is 0 Å². The molecule has 200 valence electrons. The third-order valence-corrected chi connectivity index (χ3v) is 7.95. The Morgan fingerprint density at radius 2 is 1.97 bits per heavy atom. The van der Waals surface area contributed by atoms with E-state index >= 15 is 4.39 Å².